The highest BCUT2D eigenvalue weighted by atomic mass is 16.6. The molecular weight excluding hydrogens is 496 g/mol. The van der Waals surface area contributed by atoms with Crippen molar-refractivity contribution in [1.82, 2.24) is 20.0 Å². The summed E-state index contributed by atoms with van der Waals surface area (Å²) in [5, 5.41) is 3.07. The molecule has 1 aromatic rings. The van der Waals surface area contributed by atoms with Gasteiger partial charge in [-0.25, -0.2) is 9.59 Å². The number of ether oxygens (including phenoxy) is 2. The van der Waals surface area contributed by atoms with Crippen LogP contribution in [-0.2, 0) is 20.7 Å². The first kappa shape index (κ1) is 30.7. The first-order chi connectivity index (χ1) is 18.3. The first-order valence-electron chi connectivity index (χ1n) is 14.3. The van der Waals surface area contributed by atoms with E-state index in [0.29, 0.717) is 45.1 Å². The molecule has 2 heterocycles. The molecule has 0 bridgehead atoms. The number of aryl methyl sites for hydroxylation is 1. The number of nitrogens with zero attached hydrogens (tertiary/aromatic N) is 3. The van der Waals surface area contributed by atoms with E-state index in [0.717, 1.165) is 32.4 Å². The number of carbonyl (C=O) groups excluding carboxylic acids is 3. The van der Waals surface area contributed by atoms with Crippen molar-refractivity contribution in [1.29, 1.82) is 0 Å². The lowest BCUT2D eigenvalue weighted by Crippen LogP contribution is -2.56. The summed E-state index contributed by atoms with van der Waals surface area (Å²) in [7, 11) is 0. The van der Waals surface area contributed by atoms with Crippen LogP contribution in [0.3, 0.4) is 0 Å². The van der Waals surface area contributed by atoms with E-state index in [1.165, 1.54) is 5.56 Å². The van der Waals surface area contributed by atoms with Crippen LogP contribution < -0.4 is 5.32 Å². The maximum Gasteiger partial charge on any atom is 0.410 e. The maximum absolute atomic E-state index is 13.4. The molecule has 0 radical (unpaired) electrons. The van der Waals surface area contributed by atoms with E-state index in [-0.39, 0.29) is 12.0 Å². The number of likely N-dealkylation sites (tertiary alicyclic amines) is 1. The van der Waals surface area contributed by atoms with Crippen LogP contribution in [0.1, 0.15) is 66.4 Å². The van der Waals surface area contributed by atoms with Crippen LogP contribution in [0.2, 0.25) is 0 Å². The standard InChI is InChI=1S/C30H48N4O5/c1-29(2,3)38-27(36)33-20-18-32(19-21-33)17-15-31-26(35)25-22-24(13-12-23-10-8-7-9-11-23)14-16-34(25)28(37)39-30(4,5)6/h7-11,24-25H,12-22H2,1-6H3,(H,31,35). The Morgan fingerprint density at radius 3 is 2.10 bits per heavy atom. The van der Waals surface area contributed by atoms with E-state index in [4.69, 9.17) is 9.47 Å². The Balaban J connectivity index is 1.51. The quantitative estimate of drug-likeness (QED) is 0.550. The van der Waals surface area contributed by atoms with Crippen molar-refractivity contribution in [2.45, 2.75) is 84.5 Å². The van der Waals surface area contributed by atoms with Crippen molar-refractivity contribution in [3.8, 4) is 0 Å². The summed E-state index contributed by atoms with van der Waals surface area (Å²) in [6.07, 6.45) is 2.73. The highest BCUT2D eigenvalue weighted by Crippen LogP contribution is 2.28. The Labute approximate surface area is 234 Å². The van der Waals surface area contributed by atoms with Gasteiger partial charge in [-0.1, -0.05) is 30.3 Å². The van der Waals surface area contributed by atoms with Crippen molar-refractivity contribution < 1.29 is 23.9 Å². The Morgan fingerprint density at radius 2 is 1.49 bits per heavy atom. The predicted molar refractivity (Wildman–Crippen MR) is 151 cm³/mol. The lowest BCUT2D eigenvalue weighted by Gasteiger charge is -2.39. The molecule has 0 aromatic heterocycles. The van der Waals surface area contributed by atoms with Crippen molar-refractivity contribution in [3.05, 3.63) is 35.9 Å². The molecule has 9 heteroatoms. The van der Waals surface area contributed by atoms with Crippen LogP contribution in [0.5, 0.6) is 0 Å². The molecular formula is C30H48N4O5. The zero-order valence-corrected chi connectivity index (χ0v) is 24.7. The zero-order chi connectivity index (χ0) is 28.6. The van der Waals surface area contributed by atoms with Crippen LogP contribution in [0.4, 0.5) is 9.59 Å². The third-order valence-electron chi connectivity index (χ3n) is 7.08. The number of piperidine rings is 1. The largest absolute Gasteiger partial charge is 0.444 e. The second kappa shape index (κ2) is 13.5. The molecule has 3 amide bonds. The van der Waals surface area contributed by atoms with Gasteiger partial charge in [-0.2, -0.15) is 0 Å². The highest BCUT2D eigenvalue weighted by Gasteiger charge is 2.38. The fourth-order valence-corrected chi connectivity index (χ4v) is 5.04. The van der Waals surface area contributed by atoms with E-state index in [9.17, 15) is 14.4 Å². The van der Waals surface area contributed by atoms with Gasteiger partial charge in [0.25, 0.3) is 0 Å². The summed E-state index contributed by atoms with van der Waals surface area (Å²) in [6.45, 7) is 15.5. The normalized spacial score (nSPS) is 20.9. The third-order valence-corrected chi connectivity index (χ3v) is 7.08. The molecule has 0 spiro atoms. The molecule has 2 unspecified atom stereocenters. The maximum atomic E-state index is 13.4. The minimum absolute atomic E-state index is 0.127. The lowest BCUT2D eigenvalue weighted by atomic mass is 9.86. The lowest BCUT2D eigenvalue weighted by molar-refractivity contribution is -0.128. The molecule has 1 N–H and O–H groups in total. The van der Waals surface area contributed by atoms with Crippen molar-refractivity contribution in [2.24, 2.45) is 5.92 Å². The number of hydrogen-bond acceptors (Lipinski definition) is 6. The average molecular weight is 545 g/mol. The van der Waals surface area contributed by atoms with E-state index >= 15 is 0 Å². The van der Waals surface area contributed by atoms with Crippen LogP contribution in [0.15, 0.2) is 30.3 Å². The molecule has 39 heavy (non-hydrogen) atoms. The molecule has 218 valence electrons. The van der Waals surface area contributed by atoms with Gasteiger partial charge in [0.15, 0.2) is 0 Å². The van der Waals surface area contributed by atoms with Crippen LogP contribution in [0.25, 0.3) is 0 Å². The number of hydrogen-bond donors (Lipinski definition) is 1. The Hall–Kier alpha value is -2.81. The zero-order valence-electron chi connectivity index (χ0n) is 24.7. The van der Waals surface area contributed by atoms with Gasteiger partial charge in [-0.05, 0) is 78.7 Å². The smallest absolute Gasteiger partial charge is 0.410 e. The van der Waals surface area contributed by atoms with E-state index in [2.05, 4.69) is 22.3 Å². The first-order valence-corrected chi connectivity index (χ1v) is 14.3. The molecule has 1 aromatic carbocycles. The topological polar surface area (TPSA) is 91.4 Å². The van der Waals surface area contributed by atoms with Gasteiger partial charge in [0.1, 0.15) is 17.2 Å². The number of piperazine rings is 1. The molecule has 2 aliphatic heterocycles. The predicted octanol–water partition coefficient (Wildman–Crippen LogP) is 4.30. The minimum Gasteiger partial charge on any atom is -0.444 e. The third kappa shape index (κ3) is 10.4. The molecule has 0 aliphatic carbocycles. The van der Waals surface area contributed by atoms with Gasteiger partial charge in [0.05, 0.1) is 0 Å². The fourth-order valence-electron chi connectivity index (χ4n) is 5.04. The van der Waals surface area contributed by atoms with E-state index in [1.54, 1.807) is 9.80 Å². The van der Waals surface area contributed by atoms with Crippen molar-refractivity contribution in [3.63, 3.8) is 0 Å². The average Bonchev–Trinajstić information content (AvgIpc) is 2.86. The van der Waals surface area contributed by atoms with Crippen molar-refractivity contribution >= 4 is 18.1 Å². The summed E-state index contributed by atoms with van der Waals surface area (Å²) in [5.41, 5.74) is 0.162. The fraction of sp³-hybridized carbons (Fsp3) is 0.700. The summed E-state index contributed by atoms with van der Waals surface area (Å²) in [6, 6.07) is 9.84. The molecule has 2 atom stereocenters. The number of nitrogens with one attached hydrogen (secondary N) is 1. The highest BCUT2D eigenvalue weighted by molar-refractivity contribution is 5.86. The molecule has 2 saturated heterocycles. The molecule has 3 rings (SSSR count). The van der Waals surface area contributed by atoms with Gasteiger partial charge in [0.2, 0.25) is 5.91 Å². The Bertz CT molecular complexity index is 948. The number of rotatable bonds is 7. The van der Waals surface area contributed by atoms with Crippen LogP contribution >= 0.6 is 0 Å². The summed E-state index contributed by atoms with van der Waals surface area (Å²) in [4.78, 5) is 44.2. The second-order valence-electron chi connectivity index (χ2n) is 12.7. The summed E-state index contributed by atoms with van der Waals surface area (Å²) >= 11 is 0. The number of amides is 3. The second-order valence-corrected chi connectivity index (χ2v) is 12.7. The van der Waals surface area contributed by atoms with E-state index < -0.39 is 23.3 Å². The van der Waals surface area contributed by atoms with Gasteiger partial charge in [0, 0.05) is 45.8 Å². The van der Waals surface area contributed by atoms with Gasteiger partial charge in [-0.3, -0.25) is 14.6 Å². The van der Waals surface area contributed by atoms with Gasteiger partial charge in [-0.15, -0.1) is 0 Å². The Morgan fingerprint density at radius 1 is 0.872 bits per heavy atom. The SMILES string of the molecule is CC(C)(C)OC(=O)N1CCN(CCNC(=O)C2CC(CCc3ccccc3)CCN2C(=O)OC(C)(C)C)CC1. The summed E-state index contributed by atoms with van der Waals surface area (Å²) in [5.74, 6) is 0.234. The number of carbonyl (C=O) groups is 3. The van der Waals surface area contributed by atoms with Gasteiger partial charge >= 0.3 is 12.2 Å². The molecule has 9 nitrogen and oxygen atoms in total. The Kier molecular flexibility index (Phi) is 10.6. The van der Waals surface area contributed by atoms with Crippen molar-refractivity contribution in [2.75, 3.05) is 45.8 Å². The molecule has 2 aliphatic rings. The van der Waals surface area contributed by atoms with E-state index in [1.807, 2.05) is 59.7 Å². The monoisotopic (exact) mass is 544 g/mol. The van der Waals surface area contributed by atoms with Crippen LogP contribution in [0, 0.1) is 5.92 Å². The molecule has 2 fully saturated rings. The summed E-state index contributed by atoms with van der Waals surface area (Å²) < 4.78 is 11.1. The molecule has 0 saturated carbocycles. The number of benzene rings is 1. The van der Waals surface area contributed by atoms with Gasteiger partial charge < -0.3 is 19.7 Å². The minimum atomic E-state index is -0.621. The van der Waals surface area contributed by atoms with Crippen LogP contribution in [-0.4, -0.2) is 95.9 Å².